The Hall–Kier alpha value is -5.07. The number of nitrogens with zero attached hydrogens (tertiary/aromatic N) is 3. The molecular formula is C34H31ClFN5O5S. The highest BCUT2D eigenvalue weighted by atomic mass is 35.5. The Morgan fingerprint density at radius 3 is 2.60 bits per heavy atom. The zero-order chi connectivity index (χ0) is 33.5. The number of ether oxygens (including phenoxy) is 2. The molecule has 3 N–H and O–H groups in total. The Bertz CT molecular complexity index is 2150. The SMILES string of the molecule is CCOC(=O)c1ccc2sc3cc(Oc4ccc(F)cc4CNC(=O)Nc4cc(C(C)(C)C)nn4-c4ccc(O)c(Cl)c4)ccc3n12. The third kappa shape index (κ3) is 6.60. The van der Waals surface area contributed by atoms with Crippen molar-refractivity contribution in [2.24, 2.45) is 0 Å². The summed E-state index contributed by atoms with van der Waals surface area (Å²) in [4.78, 5) is 26.5. The van der Waals surface area contributed by atoms with Gasteiger partial charge in [-0.3, -0.25) is 9.72 Å². The van der Waals surface area contributed by atoms with Crippen LogP contribution in [0.3, 0.4) is 0 Å². The number of thiazole rings is 1. The van der Waals surface area contributed by atoms with Gasteiger partial charge in [0.2, 0.25) is 0 Å². The van der Waals surface area contributed by atoms with E-state index < -0.39 is 17.8 Å². The molecule has 2 amide bonds. The number of carbonyl (C=O) groups excluding carboxylic acids is 2. The van der Waals surface area contributed by atoms with Gasteiger partial charge in [0, 0.05) is 29.7 Å². The van der Waals surface area contributed by atoms with Crippen molar-refractivity contribution in [1.82, 2.24) is 19.5 Å². The molecule has 0 unspecified atom stereocenters. The summed E-state index contributed by atoms with van der Waals surface area (Å²) in [5.74, 6) is 0.280. The van der Waals surface area contributed by atoms with Crippen molar-refractivity contribution in [2.75, 3.05) is 11.9 Å². The van der Waals surface area contributed by atoms with Gasteiger partial charge in [0.25, 0.3) is 0 Å². The van der Waals surface area contributed by atoms with Gasteiger partial charge in [0.1, 0.15) is 39.4 Å². The van der Waals surface area contributed by atoms with Crippen LogP contribution in [0.15, 0.2) is 72.8 Å². The van der Waals surface area contributed by atoms with E-state index in [1.54, 1.807) is 37.3 Å². The summed E-state index contributed by atoms with van der Waals surface area (Å²) in [5, 5.41) is 20.3. The lowest BCUT2D eigenvalue weighted by Crippen LogP contribution is -2.29. The minimum Gasteiger partial charge on any atom is -0.506 e. The molecule has 0 aliphatic rings. The number of hydrogen-bond donors (Lipinski definition) is 3. The lowest BCUT2D eigenvalue weighted by molar-refractivity contribution is 0.0519. The number of fused-ring (bicyclic) bond motifs is 3. The smallest absolute Gasteiger partial charge is 0.355 e. The van der Waals surface area contributed by atoms with Gasteiger partial charge in [0.15, 0.2) is 0 Å². The normalized spacial score (nSPS) is 11.6. The summed E-state index contributed by atoms with van der Waals surface area (Å²) < 4.78 is 30.0. The summed E-state index contributed by atoms with van der Waals surface area (Å²) in [6.07, 6.45) is 0. The Balaban J connectivity index is 1.21. The van der Waals surface area contributed by atoms with Gasteiger partial charge in [-0.05, 0) is 67.6 Å². The standard InChI is InChI=1S/C34H31ClFN5O5S/c1-5-45-32(43)25-10-13-31-40(25)24-9-8-22(16-28(24)47-31)46-27-12-6-20(36)14-19(27)18-37-33(44)38-30-17-29(34(2,3)4)39-41(30)21-7-11-26(42)23(35)15-21/h6-17,42H,5,18H2,1-4H3,(H2,37,38,44). The summed E-state index contributed by atoms with van der Waals surface area (Å²) in [6, 6.07) is 19.0. The lowest BCUT2D eigenvalue weighted by atomic mass is 9.92. The number of aromatic hydroxyl groups is 1. The zero-order valence-corrected chi connectivity index (χ0v) is 27.5. The van der Waals surface area contributed by atoms with Gasteiger partial charge in [-0.1, -0.05) is 32.4 Å². The number of esters is 1. The van der Waals surface area contributed by atoms with Crippen molar-refractivity contribution in [3.8, 4) is 22.9 Å². The van der Waals surface area contributed by atoms with Crippen LogP contribution in [0.4, 0.5) is 15.0 Å². The molecule has 0 saturated carbocycles. The van der Waals surface area contributed by atoms with E-state index in [1.807, 2.05) is 43.4 Å². The van der Waals surface area contributed by atoms with E-state index in [1.165, 1.54) is 40.3 Å². The van der Waals surface area contributed by atoms with Gasteiger partial charge in [-0.25, -0.2) is 18.7 Å². The maximum Gasteiger partial charge on any atom is 0.355 e. The van der Waals surface area contributed by atoms with Crippen LogP contribution in [0, 0.1) is 5.82 Å². The van der Waals surface area contributed by atoms with E-state index in [0.29, 0.717) is 34.3 Å². The topological polar surface area (TPSA) is 119 Å². The van der Waals surface area contributed by atoms with Crippen molar-refractivity contribution in [3.05, 3.63) is 101 Å². The molecule has 3 aromatic carbocycles. The van der Waals surface area contributed by atoms with Crippen LogP contribution in [0.1, 0.15) is 49.4 Å². The van der Waals surface area contributed by atoms with Gasteiger partial charge in [-0.2, -0.15) is 5.10 Å². The fraction of sp³-hybridized carbons (Fsp3) is 0.206. The number of amides is 2. The number of phenols is 1. The molecule has 0 atom stereocenters. The average molecular weight is 676 g/mol. The minimum atomic E-state index is -0.556. The van der Waals surface area contributed by atoms with E-state index in [4.69, 9.17) is 21.1 Å². The highest BCUT2D eigenvalue weighted by Gasteiger charge is 2.22. The third-order valence-corrected chi connectivity index (χ3v) is 8.68. The van der Waals surface area contributed by atoms with E-state index in [-0.39, 0.29) is 29.3 Å². The quantitative estimate of drug-likeness (QED) is 0.139. The van der Waals surface area contributed by atoms with Crippen LogP contribution >= 0.6 is 22.9 Å². The molecule has 6 rings (SSSR count). The molecule has 47 heavy (non-hydrogen) atoms. The molecule has 0 bridgehead atoms. The molecule has 0 radical (unpaired) electrons. The fourth-order valence-corrected chi connectivity index (χ4v) is 6.22. The highest BCUT2D eigenvalue weighted by Crippen LogP contribution is 2.35. The van der Waals surface area contributed by atoms with Gasteiger partial charge < -0.3 is 19.9 Å². The Morgan fingerprint density at radius 1 is 1.04 bits per heavy atom. The molecule has 0 saturated heterocycles. The molecule has 0 spiro atoms. The number of aromatic nitrogens is 3. The maximum absolute atomic E-state index is 14.4. The zero-order valence-electron chi connectivity index (χ0n) is 25.9. The highest BCUT2D eigenvalue weighted by molar-refractivity contribution is 7.24. The molecule has 3 heterocycles. The van der Waals surface area contributed by atoms with Crippen LogP contribution in [0.5, 0.6) is 17.2 Å². The monoisotopic (exact) mass is 675 g/mol. The Labute approximate surface area is 278 Å². The molecule has 3 aromatic heterocycles. The summed E-state index contributed by atoms with van der Waals surface area (Å²) in [7, 11) is 0. The number of benzene rings is 3. The van der Waals surface area contributed by atoms with Crippen LogP contribution in [0.2, 0.25) is 5.02 Å². The number of halogens is 2. The molecule has 0 aliphatic heterocycles. The first-order valence-electron chi connectivity index (χ1n) is 14.7. The Kier molecular flexibility index (Phi) is 8.56. The van der Waals surface area contributed by atoms with Gasteiger partial charge >= 0.3 is 12.0 Å². The summed E-state index contributed by atoms with van der Waals surface area (Å²) in [6.45, 7) is 7.99. The van der Waals surface area contributed by atoms with Crippen molar-refractivity contribution in [1.29, 1.82) is 0 Å². The van der Waals surface area contributed by atoms with E-state index >= 15 is 0 Å². The first-order chi connectivity index (χ1) is 22.4. The number of anilines is 1. The van der Waals surface area contributed by atoms with Crippen molar-refractivity contribution < 1.29 is 28.6 Å². The number of nitrogens with one attached hydrogen (secondary N) is 2. The van der Waals surface area contributed by atoms with E-state index in [2.05, 4.69) is 15.7 Å². The fourth-order valence-electron chi connectivity index (χ4n) is 4.96. The second-order valence-corrected chi connectivity index (χ2v) is 13.2. The van der Waals surface area contributed by atoms with Crippen LogP contribution in [-0.4, -0.2) is 37.9 Å². The average Bonchev–Trinajstić information content (AvgIpc) is 3.72. The van der Waals surface area contributed by atoms with Gasteiger partial charge in [-0.15, -0.1) is 11.3 Å². The Morgan fingerprint density at radius 2 is 1.85 bits per heavy atom. The molecular weight excluding hydrogens is 645 g/mol. The number of rotatable bonds is 8. The molecule has 0 fully saturated rings. The molecule has 242 valence electrons. The maximum atomic E-state index is 14.4. The predicted octanol–water partition coefficient (Wildman–Crippen LogP) is 8.43. The van der Waals surface area contributed by atoms with Crippen molar-refractivity contribution >= 4 is 55.8 Å². The summed E-state index contributed by atoms with van der Waals surface area (Å²) in [5.41, 5.74) is 2.61. The summed E-state index contributed by atoms with van der Waals surface area (Å²) >= 11 is 7.63. The van der Waals surface area contributed by atoms with Crippen molar-refractivity contribution in [2.45, 2.75) is 39.7 Å². The number of carbonyl (C=O) groups is 2. The molecule has 10 nitrogen and oxygen atoms in total. The predicted molar refractivity (Wildman–Crippen MR) is 180 cm³/mol. The van der Waals surface area contributed by atoms with Crippen LogP contribution in [-0.2, 0) is 16.7 Å². The van der Waals surface area contributed by atoms with E-state index in [0.717, 1.165) is 20.7 Å². The first-order valence-corrected chi connectivity index (χ1v) is 15.9. The lowest BCUT2D eigenvalue weighted by Gasteiger charge is -2.14. The van der Waals surface area contributed by atoms with E-state index in [9.17, 15) is 19.1 Å². The molecule has 0 aliphatic carbocycles. The van der Waals surface area contributed by atoms with Gasteiger partial charge in [0.05, 0.1) is 33.2 Å². The van der Waals surface area contributed by atoms with Crippen LogP contribution < -0.4 is 15.4 Å². The molecule has 6 aromatic rings. The second-order valence-electron chi connectivity index (χ2n) is 11.7. The largest absolute Gasteiger partial charge is 0.506 e. The minimum absolute atomic E-state index is 0.0434. The second kappa shape index (κ2) is 12.6. The van der Waals surface area contributed by atoms with Crippen LogP contribution in [0.25, 0.3) is 20.7 Å². The first kappa shape index (κ1) is 31.9. The third-order valence-electron chi connectivity index (χ3n) is 7.30. The van der Waals surface area contributed by atoms with Crippen molar-refractivity contribution in [3.63, 3.8) is 0 Å². The number of urea groups is 1. The molecule has 13 heteroatoms. The number of phenolic OH excluding ortho intramolecular Hbond substituents is 1. The number of hydrogen-bond acceptors (Lipinski definition) is 7.